The van der Waals surface area contributed by atoms with Gasteiger partial charge >= 0.3 is 5.97 Å². The van der Waals surface area contributed by atoms with Gasteiger partial charge in [-0.15, -0.1) is 11.3 Å². The lowest BCUT2D eigenvalue weighted by Gasteiger charge is -2.10. The highest BCUT2D eigenvalue weighted by atomic mass is 32.1. The van der Waals surface area contributed by atoms with Crippen LogP contribution in [0.3, 0.4) is 0 Å². The van der Waals surface area contributed by atoms with Crippen molar-refractivity contribution < 1.29 is 14.3 Å². The molecule has 4 nitrogen and oxygen atoms in total. The number of benzene rings is 2. The number of ether oxygens (including phenoxy) is 1. The fourth-order valence-electron chi connectivity index (χ4n) is 3.18. The molecule has 1 aromatic heterocycles. The van der Waals surface area contributed by atoms with E-state index in [9.17, 15) is 9.59 Å². The first-order valence-electron chi connectivity index (χ1n) is 9.52. The van der Waals surface area contributed by atoms with Crippen LogP contribution in [0.2, 0.25) is 0 Å². The summed E-state index contributed by atoms with van der Waals surface area (Å²) < 4.78 is 5.01. The molecule has 0 bridgehead atoms. The first-order valence-corrected chi connectivity index (χ1v) is 10.4. The largest absolute Gasteiger partial charge is 0.465 e. The van der Waals surface area contributed by atoms with E-state index < -0.39 is 5.97 Å². The number of hydrogen-bond acceptors (Lipinski definition) is 4. The molecule has 0 unspecified atom stereocenters. The maximum Gasteiger partial charge on any atom is 0.341 e. The number of amides is 1. The molecular weight excluding hydrogens is 382 g/mol. The Morgan fingerprint density at radius 3 is 2.34 bits per heavy atom. The quantitative estimate of drug-likeness (QED) is 0.533. The molecule has 0 aliphatic heterocycles. The van der Waals surface area contributed by atoms with Crippen LogP contribution < -0.4 is 5.32 Å². The average molecular weight is 408 g/mol. The minimum Gasteiger partial charge on any atom is -0.465 e. The Morgan fingerprint density at radius 1 is 0.966 bits per heavy atom. The van der Waals surface area contributed by atoms with Gasteiger partial charge in [-0.3, -0.25) is 4.79 Å². The molecule has 0 aliphatic carbocycles. The highest BCUT2D eigenvalue weighted by Crippen LogP contribution is 2.38. The predicted molar refractivity (Wildman–Crippen MR) is 119 cm³/mol. The third kappa shape index (κ3) is 4.93. The molecule has 0 fully saturated rings. The maximum absolute atomic E-state index is 12.5. The van der Waals surface area contributed by atoms with Crippen LogP contribution in [0.25, 0.3) is 11.1 Å². The van der Waals surface area contributed by atoms with E-state index in [1.54, 1.807) is 0 Å². The average Bonchev–Trinajstić information content (AvgIpc) is 3.12. The van der Waals surface area contributed by atoms with E-state index in [-0.39, 0.29) is 5.91 Å². The number of esters is 1. The minimum absolute atomic E-state index is 0.120. The van der Waals surface area contributed by atoms with Crippen molar-refractivity contribution in [3.63, 3.8) is 0 Å². The van der Waals surface area contributed by atoms with Crippen molar-refractivity contribution in [2.24, 2.45) is 0 Å². The summed E-state index contributed by atoms with van der Waals surface area (Å²) >= 11 is 1.35. The fourth-order valence-corrected chi connectivity index (χ4v) is 4.15. The Kier molecular flexibility index (Phi) is 6.49. The summed E-state index contributed by atoms with van der Waals surface area (Å²) in [6, 6.07) is 14.3. The standard InChI is InChI=1S/C24H25NO3S/c1-15-6-9-18(10-7-15)11-12-21(26)25-23-22(24(27)28-4)20(14-29-23)19-13-16(2)5-8-17(19)3/h5-10,13-14H,11-12H2,1-4H3,(H,25,26). The fraction of sp³-hybridized carbons (Fsp3) is 0.250. The SMILES string of the molecule is COC(=O)c1c(-c2cc(C)ccc2C)csc1NC(=O)CCc1ccc(C)cc1. The van der Waals surface area contributed by atoms with Crippen molar-refractivity contribution in [1.29, 1.82) is 0 Å². The zero-order chi connectivity index (χ0) is 21.0. The molecule has 0 atom stereocenters. The number of rotatable bonds is 6. The summed E-state index contributed by atoms with van der Waals surface area (Å²) in [4.78, 5) is 25.0. The third-order valence-corrected chi connectivity index (χ3v) is 5.77. The van der Waals surface area contributed by atoms with E-state index in [4.69, 9.17) is 4.74 Å². The van der Waals surface area contributed by atoms with Crippen molar-refractivity contribution in [2.45, 2.75) is 33.6 Å². The molecular formula is C24H25NO3S. The normalized spacial score (nSPS) is 10.6. The van der Waals surface area contributed by atoms with Crippen LogP contribution in [0.1, 0.15) is 39.0 Å². The molecule has 0 spiro atoms. The summed E-state index contributed by atoms with van der Waals surface area (Å²) in [6.07, 6.45) is 0.995. The van der Waals surface area contributed by atoms with E-state index in [1.165, 1.54) is 24.0 Å². The Bertz CT molecular complexity index is 1030. The Morgan fingerprint density at radius 2 is 1.66 bits per heavy atom. The third-order valence-electron chi connectivity index (χ3n) is 4.88. The van der Waals surface area contributed by atoms with Gasteiger partial charge in [-0.1, -0.05) is 53.6 Å². The smallest absolute Gasteiger partial charge is 0.341 e. The van der Waals surface area contributed by atoms with Gasteiger partial charge in [0.25, 0.3) is 0 Å². The van der Waals surface area contributed by atoms with Crippen molar-refractivity contribution in [3.05, 3.63) is 75.7 Å². The van der Waals surface area contributed by atoms with Crippen LogP contribution in [0.5, 0.6) is 0 Å². The maximum atomic E-state index is 12.5. The van der Waals surface area contributed by atoms with E-state index >= 15 is 0 Å². The van der Waals surface area contributed by atoms with Crippen molar-refractivity contribution in [1.82, 2.24) is 0 Å². The zero-order valence-corrected chi connectivity index (χ0v) is 18.0. The summed E-state index contributed by atoms with van der Waals surface area (Å²) in [5.74, 6) is -0.568. The van der Waals surface area contributed by atoms with Crippen LogP contribution in [0, 0.1) is 20.8 Å². The summed E-state index contributed by atoms with van der Waals surface area (Å²) in [5, 5.41) is 5.35. The van der Waals surface area contributed by atoms with Crippen LogP contribution in [0.15, 0.2) is 47.8 Å². The number of thiophene rings is 1. The van der Waals surface area contributed by atoms with Gasteiger partial charge in [0.1, 0.15) is 10.6 Å². The first kappa shape index (κ1) is 20.8. The highest BCUT2D eigenvalue weighted by Gasteiger charge is 2.23. The lowest BCUT2D eigenvalue weighted by Crippen LogP contribution is -2.14. The molecule has 0 saturated heterocycles. The van der Waals surface area contributed by atoms with Crippen molar-refractivity contribution in [2.75, 3.05) is 12.4 Å². The topological polar surface area (TPSA) is 55.4 Å². The molecule has 0 radical (unpaired) electrons. The Hall–Kier alpha value is -2.92. The second-order valence-corrected chi connectivity index (χ2v) is 8.08. The van der Waals surface area contributed by atoms with Gasteiger partial charge in [0.05, 0.1) is 7.11 Å². The van der Waals surface area contributed by atoms with Crippen LogP contribution in [-0.2, 0) is 16.0 Å². The van der Waals surface area contributed by atoms with Crippen LogP contribution in [0.4, 0.5) is 5.00 Å². The molecule has 1 amide bonds. The molecule has 2 aromatic carbocycles. The van der Waals surface area contributed by atoms with Gasteiger partial charge in [0.15, 0.2) is 0 Å². The molecule has 5 heteroatoms. The van der Waals surface area contributed by atoms with Gasteiger partial charge in [-0.25, -0.2) is 4.79 Å². The first-order chi connectivity index (χ1) is 13.9. The summed E-state index contributed by atoms with van der Waals surface area (Å²) in [7, 11) is 1.36. The van der Waals surface area contributed by atoms with E-state index in [0.29, 0.717) is 23.4 Å². The molecule has 150 valence electrons. The minimum atomic E-state index is -0.448. The van der Waals surface area contributed by atoms with Gasteiger partial charge in [0, 0.05) is 17.4 Å². The molecule has 1 N–H and O–H groups in total. The molecule has 0 saturated carbocycles. The molecule has 3 rings (SSSR count). The molecule has 3 aromatic rings. The lowest BCUT2D eigenvalue weighted by molar-refractivity contribution is -0.116. The number of carbonyl (C=O) groups excluding carboxylic acids is 2. The predicted octanol–water partition coefficient (Wildman–Crippen LogP) is 5.70. The summed E-state index contributed by atoms with van der Waals surface area (Å²) in [6.45, 7) is 6.06. The van der Waals surface area contributed by atoms with Crippen molar-refractivity contribution >= 4 is 28.2 Å². The van der Waals surface area contributed by atoms with Crippen molar-refractivity contribution in [3.8, 4) is 11.1 Å². The van der Waals surface area contributed by atoms with E-state index in [1.807, 2.05) is 68.6 Å². The number of hydrogen-bond donors (Lipinski definition) is 1. The van der Waals surface area contributed by atoms with Gasteiger partial charge in [-0.2, -0.15) is 0 Å². The van der Waals surface area contributed by atoms with E-state index in [2.05, 4.69) is 5.32 Å². The van der Waals surface area contributed by atoms with Gasteiger partial charge in [0.2, 0.25) is 5.91 Å². The molecule has 1 heterocycles. The number of methoxy groups -OCH3 is 1. The number of nitrogens with one attached hydrogen (secondary N) is 1. The second kappa shape index (κ2) is 9.05. The van der Waals surface area contributed by atoms with Gasteiger partial charge in [-0.05, 0) is 43.9 Å². The highest BCUT2D eigenvalue weighted by molar-refractivity contribution is 7.15. The number of anilines is 1. The number of aryl methyl sites for hydroxylation is 4. The monoisotopic (exact) mass is 407 g/mol. The molecule has 29 heavy (non-hydrogen) atoms. The lowest BCUT2D eigenvalue weighted by atomic mass is 9.97. The number of carbonyl (C=O) groups is 2. The van der Waals surface area contributed by atoms with Crippen LogP contribution in [-0.4, -0.2) is 19.0 Å². The molecule has 0 aliphatic rings. The zero-order valence-electron chi connectivity index (χ0n) is 17.2. The Labute approximate surface area is 175 Å². The Balaban J connectivity index is 1.82. The second-order valence-electron chi connectivity index (χ2n) is 7.20. The van der Waals surface area contributed by atoms with E-state index in [0.717, 1.165) is 27.8 Å². The summed E-state index contributed by atoms with van der Waals surface area (Å²) in [5.41, 5.74) is 6.65. The van der Waals surface area contributed by atoms with Crippen LogP contribution >= 0.6 is 11.3 Å². The van der Waals surface area contributed by atoms with Gasteiger partial charge < -0.3 is 10.1 Å².